The molecule has 2 N–H and O–H groups in total. The molecule has 2 rings (SSSR count). The van der Waals surface area contributed by atoms with Gasteiger partial charge < -0.3 is 10.6 Å². The lowest BCUT2D eigenvalue weighted by Crippen LogP contribution is -2.42. The third-order valence-electron chi connectivity index (χ3n) is 4.19. The number of benzene rings is 1. The number of amides is 1. The molecule has 1 atom stereocenters. The topological polar surface area (TPSA) is 41.1 Å². The molecule has 4 heteroatoms. The van der Waals surface area contributed by atoms with Crippen LogP contribution in [0, 0.1) is 18.3 Å². The summed E-state index contributed by atoms with van der Waals surface area (Å²) in [4.78, 5) is 12.7. The number of nitrogens with one attached hydrogen (secondary N) is 2. The van der Waals surface area contributed by atoms with Crippen LogP contribution in [0.3, 0.4) is 0 Å². The average Bonchev–Trinajstić information content (AvgIpc) is 2.84. The largest absolute Gasteiger partial charge is 0.325 e. The fourth-order valence-electron chi connectivity index (χ4n) is 2.64. The van der Waals surface area contributed by atoms with Crippen LogP contribution in [-0.2, 0) is 4.79 Å². The van der Waals surface area contributed by atoms with Crippen LogP contribution in [0.15, 0.2) is 22.7 Å². The number of hydrogen-bond acceptors (Lipinski definition) is 2. The molecule has 1 fully saturated rings. The summed E-state index contributed by atoms with van der Waals surface area (Å²) in [6, 6.07) is 5.96. The van der Waals surface area contributed by atoms with E-state index in [0.29, 0.717) is 5.92 Å². The smallest absolute Gasteiger partial charge is 0.232 e. The van der Waals surface area contributed by atoms with Gasteiger partial charge in [-0.15, -0.1) is 0 Å². The Hall–Kier alpha value is -0.870. The van der Waals surface area contributed by atoms with E-state index in [2.05, 4.69) is 40.4 Å². The second-order valence-corrected chi connectivity index (χ2v) is 6.57. The van der Waals surface area contributed by atoms with Gasteiger partial charge in [0.1, 0.15) is 0 Å². The number of carbonyl (C=O) groups is 1. The van der Waals surface area contributed by atoms with E-state index in [0.717, 1.165) is 35.2 Å². The molecule has 1 aromatic rings. The molecule has 3 nitrogen and oxygen atoms in total. The summed E-state index contributed by atoms with van der Waals surface area (Å²) in [7, 11) is 0. The van der Waals surface area contributed by atoms with Gasteiger partial charge in [-0.3, -0.25) is 4.79 Å². The SMILES string of the molecule is Cc1ccc(Br)cc1NC(=O)C1(C(C)C)CCNC1. The quantitative estimate of drug-likeness (QED) is 0.895. The molecule has 0 radical (unpaired) electrons. The predicted octanol–water partition coefficient (Wildman–Crippen LogP) is 3.33. The Morgan fingerprint density at radius 3 is 2.79 bits per heavy atom. The van der Waals surface area contributed by atoms with E-state index in [-0.39, 0.29) is 11.3 Å². The minimum atomic E-state index is -0.283. The van der Waals surface area contributed by atoms with Crippen LogP contribution in [0.5, 0.6) is 0 Å². The van der Waals surface area contributed by atoms with E-state index in [4.69, 9.17) is 0 Å². The maximum atomic E-state index is 12.7. The predicted molar refractivity (Wildman–Crippen MR) is 82.3 cm³/mol. The van der Waals surface area contributed by atoms with Crippen molar-refractivity contribution in [3.05, 3.63) is 28.2 Å². The maximum Gasteiger partial charge on any atom is 0.232 e. The van der Waals surface area contributed by atoms with E-state index in [1.165, 1.54) is 0 Å². The summed E-state index contributed by atoms with van der Waals surface area (Å²) in [5.74, 6) is 0.462. The van der Waals surface area contributed by atoms with Crippen molar-refractivity contribution in [2.75, 3.05) is 18.4 Å². The molecule has 1 aliphatic rings. The molecule has 1 amide bonds. The lowest BCUT2D eigenvalue weighted by Gasteiger charge is -2.31. The normalized spacial score (nSPS) is 22.8. The van der Waals surface area contributed by atoms with Gasteiger partial charge >= 0.3 is 0 Å². The molecule has 1 saturated heterocycles. The Morgan fingerprint density at radius 2 is 2.21 bits per heavy atom. The Balaban J connectivity index is 2.22. The molecule has 0 bridgehead atoms. The van der Waals surface area contributed by atoms with Gasteiger partial charge in [0.05, 0.1) is 5.41 Å². The number of rotatable bonds is 3. The third-order valence-corrected chi connectivity index (χ3v) is 4.69. The first-order valence-corrected chi connectivity index (χ1v) is 7.53. The summed E-state index contributed by atoms with van der Waals surface area (Å²) < 4.78 is 0.983. The first-order valence-electron chi connectivity index (χ1n) is 6.74. The van der Waals surface area contributed by atoms with Gasteiger partial charge in [-0.2, -0.15) is 0 Å². The zero-order valence-corrected chi connectivity index (χ0v) is 13.3. The molecule has 0 spiro atoms. The lowest BCUT2D eigenvalue weighted by molar-refractivity contribution is -0.126. The molecule has 0 saturated carbocycles. The number of halogens is 1. The molecule has 1 aromatic carbocycles. The monoisotopic (exact) mass is 324 g/mol. The van der Waals surface area contributed by atoms with Crippen molar-refractivity contribution in [2.24, 2.45) is 11.3 Å². The third kappa shape index (κ3) is 2.84. The minimum absolute atomic E-state index is 0.133. The van der Waals surface area contributed by atoms with Gasteiger partial charge in [0.2, 0.25) is 5.91 Å². The van der Waals surface area contributed by atoms with Crippen LogP contribution >= 0.6 is 15.9 Å². The average molecular weight is 325 g/mol. The van der Waals surface area contributed by atoms with Crippen molar-refractivity contribution in [2.45, 2.75) is 27.2 Å². The number of hydrogen-bond donors (Lipinski definition) is 2. The highest BCUT2D eigenvalue weighted by Gasteiger charge is 2.43. The zero-order valence-electron chi connectivity index (χ0n) is 11.7. The van der Waals surface area contributed by atoms with Gasteiger partial charge in [-0.1, -0.05) is 35.8 Å². The number of aryl methyl sites for hydroxylation is 1. The lowest BCUT2D eigenvalue weighted by atomic mass is 9.75. The highest BCUT2D eigenvalue weighted by molar-refractivity contribution is 9.10. The molecule has 0 aromatic heterocycles. The van der Waals surface area contributed by atoms with Gasteiger partial charge in [0.25, 0.3) is 0 Å². The minimum Gasteiger partial charge on any atom is -0.325 e. The number of anilines is 1. The van der Waals surface area contributed by atoms with Gasteiger partial charge in [-0.05, 0) is 43.5 Å². The van der Waals surface area contributed by atoms with Crippen LogP contribution in [-0.4, -0.2) is 19.0 Å². The van der Waals surface area contributed by atoms with E-state index < -0.39 is 0 Å². The first-order chi connectivity index (χ1) is 8.95. The summed E-state index contributed by atoms with van der Waals surface area (Å²) in [5.41, 5.74) is 1.70. The summed E-state index contributed by atoms with van der Waals surface area (Å²) in [6.07, 6.45) is 0.906. The van der Waals surface area contributed by atoms with E-state index in [1.54, 1.807) is 0 Å². The molecule has 1 aliphatic heterocycles. The van der Waals surface area contributed by atoms with E-state index >= 15 is 0 Å². The van der Waals surface area contributed by atoms with E-state index in [9.17, 15) is 4.79 Å². The zero-order chi connectivity index (χ0) is 14.0. The highest BCUT2D eigenvalue weighted by Crippen LogP contribution is 2.36. The van der Waals surface area contributed by atoms with Crippen LogP contribution < -0.4 is 10.6 Å². The van der Waals surface area contributed by atoms with Crippen molar-refractivity contribution < 1.29 is 4.79 Å². The second-order valence-electron chi connectivity index (χ2n) is 5.65. The fraction of sp³-hybridized carbons (Fsp3) is 0.533. The summed E-state index contributed by atoms with van der Waals surface area (Å²) in [5, 5.41) is 6.42. The van der Waals surface area contributed by atoms with Crippen molar-refractivity contribution in [3.8, 4) is 0 Å². The molecule has 0 aliphatic carbocycles. The van der Waals surface area contributed by atoms with Gasteiger partial charge in [-0.25, -0.2) is 0 Å². The molecular weight excluding hydrogens is 304 g/mol. The highest BCUT2D eigenvalue weighted by atomic mass is 79.9. The molecule has 1 unspecified atom stereocenters. The Labute approximate surface area is 123 Å². The molecule has 19 heavy (non-hydrogen) atoms. The Bertz CT molecular complexity index is 479. The van der Waals surface area contributed by atoms with Crippen molar-refractivity contribution in [1.82, 2.24) is 5.32 Å². The van der Waals surface area contributed by atoms with Crippen LogP contribution in [0.4, 0.5) is 5.69 Å². The van der Waals surface area contributed by atoms with Crippen LogP contribution in [0.1, 0.15) is 25.8 Å². The Kier molecular flexibility index (Phi) is 4.31. The van der Waals surface area contributed by atoms with Crippen LogP contribution in [0.25, 0.3) is 0 Å². The van der Waals surface area contributed by atoms with Gasteiger partial charge in [0, 0.05) is 16.7 Å². The molecule has 104 valence electrons. The Morgan fingerprint density at radius 1 is 1.47 bits per heavy atom. The maximum absolute atomic E-state index is 12.7. The summed E-state index contributed by atoms with van der Waals surface area (Å²) in [6.45, 7) is 7.95. The fourth-order valence-corrected chi connectivity index (χ4v) is 3.00. The van der Waals surface area contributed by atoms with Gasteiger partial charge in [0.15, 0.2) is 0 Å². The first kappa shape index (κ1) is 14.5. The number of carbonyl (C=O) groups excluding carboxylic acids is 1. The van der Waals surface area contributed by atoms with E-state index in [1.807, 2.05) is 25.1 Å². The standard InChI is InChI=1S/C15H21BrN2O/c1-10(2)15(6-7-17-9-15)14(19)18-13-8-12(16)5-4-11(13)3/h4-5,8,10,17H,6-7,9H2,1-3H3,(H,18,19). The van der Waals surface area contributed by atoms with Crippen molar-refractivity contribution in [1.29, 1.82) is 0 Å². The second kappa shape index (κ2) is 5.63. The van der Waals surface area contributed by atoms with Crippen molar-refractivity contribution >= 4 is 27.5 Å². The van der Waals surface area contributed by atoms with Crippen molar-refractivity contribution in [3.63, 3.8) is 0 Å². The molecular formula is C15H21BrN2O. The summed E-state index contributed by atoms with van der Waals surface area (Å²) >= 11 is 3.45. The van der Waals surface area contributed by atoms with Crippen LogP contribution in [0.2, 0.25) is 0 Å². The molecule has 1 heterocycles.